The van der Waals surface area contributed by atoms with Gasteiger partial charge in [-0.25, -0.2) is 9.67 Å². The van der Waals surface area contributed by atoms with Gasteiger partial charge in [0.15, 0.2) is 0 Å². The quantitative estimate of drug-likeness (QED) is 0.771. The Hall–Kier alpha value is -1.55. The molecule has 0 saturated carbocycles. The maximum absolute atomic E-state index is 7.95. The fourth-order valence-electron chi connectivity index (χ4n) is 0.759. The Balaban J connectivity index is 0.00000200. The van der Waals surface area contributed by atoms with Crippen LogP contribution in [0.15, 0.2) is 36.8 Å². The van der Waals surface area contributed by atoms with Crippen LogP contribution >= 0.6 is 12.4 Å². The molecule has 0 atom stereocenters. The van der Waals surface area contributed by atoms with Crippen LogP contribution in [-0.4, -0.2) is 14.8 Å². The fraction of sp³-hybridized carbons (Fsp3) is 0.111. The predicted octanol–water partition coefficient (Wildman–Crippen LogP) is 1.33. The Morgan fingerprint density at radius 1 is 1.43 bits per heavy atom. The van der Waals surface area contributed by atoms with Crippen LogP contribution in [0, 0.1) is 0 Å². The molecule has 2 rings (SSSR count). The van der Waals surface area contributed by atoms with Gasteiger partial charge in [-0.3, -0.25) is 0 Å². The average molecular weight is 217 g/mol. The van der Waals surface area contributed by atoms with Gasteiger partial charge in [-0.15, -0.1) is 12.4 Å². The Kier molecular flexibility index (Phi) is 1.58. The summed E-state index contributed by atoms with van der Waals surface area (Å²) >= 11 is 0. The van der Waals surface area contributed by atoms with E-state index in [2.05, 4.69) is 10.1 Å². The molecule has 0 fully saturated rings. The predicted molar refractivity (Wildman–Crippen MR) is 57.2 cm³/mol. The second kappa shape index (κ2) is 4.62. The third kappa shape index (κ3) is 2.47. The maximum Gasteiger partial charge on any atom is 0.137 e. The van der Waals surface area contributed by atoms with Crippen molar-refractivity contribution >= 4 is 18.1 Å². The number of aromatic nitrogens is 3. The molecule has 2 aromatic rings. The minimum absolute atomic E-state index is 0. The summed E-state index contributed by atoms with van der Waals surface area (Å²) in [6.07, 6.45) is 2.22. The van der Waals surface area contributed by atoms with E-state index in [1.54, 1.807) is 0 Å². The van der Waals surface area contributed by atoms with Gasteiger partial charge in [0.2, 0.25) is 0 Å². The molecule has 4 nitrogen and oxygen atoms in total. The van der Waals surface area contributed by atoms with Crippen molar-refractivity contribution in [3.8, 4) is 0 Å². The molecule has 74 valence electrons. The molecule has 0 aliphatic carbocycles. The van der Waals surface area contributed by atoms with Crippen molar-refractivity contribution in [3.05, 3.63) is 42.4 Å². The molecule has 1 heterocycles. The van der Waals surface area contributed by atoms with E-state index in [9.17, 15) is 0 Å². The lowest BCUT2D eigenvalue weighted by molar-refractivity contribution is 0.685. The monoisotopic (exact) mass is 216 g/mol. The minimum Gasteiger partial charge on any atom is -0.399 e. The standard InChI is InChI=1S/C9H10N4.ClH/c10-9-3-1-8(2-4-9)5-13-7-11-6-12-13;/h1-4,6-7H,5,10H2;1H/i1D,2D,3D,4D,5D2;. The van der Waals surface area contributed by atoms with Crippen LogP contribution in [0.5, 0.6) is 0 Å². The van der Waals surface area contributed by atoms with Gasteiger partial charge in [0.25, 0.3) is 0 Å². The Bertz CT molecular complexity index is 601. The number of nitrogens with two attached hydrogens (primary N) is 1. The molecule has 0 unspecified atom stereocenters. The number of nitrogen functional groups attached to an aromatic ring is 1. The minimum atomic E-state index is -2.36. The summed E-state index contributed by atoms with van der Waals surface area (Å²) in [6.45, 7) is -2.36. The lowest BCUT2D eigenvalue weighted by atomic mass is 10.2. The van der Waals surface area contributed by atoms with E-state index >= 15 is 0 Å². The molecular formula is C9H11ClN4. The topological polar surface area (TPSA) is 56.7 Å². The average Bonchev–Trinajstić information content (AvgIpc) is 2.88. The smallest absolute Gasteiger partial charge is 0.137 e. The summed E-state index contributed by atoms with van der Waals surface area (Å²) in [4.78, 5) is 3.61. The zero-order chi connectivity index (χ0) is 14.4. The molecule has 0 aliphatic rings. The van der Waals surface area contributed by atoms with E-state index in [0.717, 1.165) is 17.3 Å². The van der Waals surface area contributed by atoms with E-state index in [1.165, 1.54) is 0 Å². The van der Waals surface area contributed by atoms with Crippen LogP contribution in [0.3, 0.4) is 0 Å². The van der Waals surface area contributed by atoms with Crippen LogP contribution in [0.25, 0.3) is 0 Å². The van der Waals surface area contributed by atoms with Gasteiger partial charge in [0.05, 0.1) is 14.7 Å². The van der Waals surface area contributed by atoms with Gasteiger partial charge >= 0.3 is 0 Å². The zero-order valence-electron chi connectivity index (χ0n) is 13.0. The number of nitrogens with zero attached hydrogens (tertiary/aromatic N) is 3. The molecule has 0 bridgehead atoms. The Morgan fingerprint density at radius 3 is 2.71 bits per heavy atom. The second-order valence-corrected chi connectivity index (χ2v) is 2.24. The fourth-order valence-corrected chi connectivity index (χ4v) is 0.759. The van der Waals surface area contributed by atoms with Crippen molar-refractivity contribution in [2.24, 2.45) is 0 Å². The summed E-state index contributed by atoms with van der Waals surface area (Å²) in [5, 5.41) is 3.64. The Labute approximate surface area is 96.6 Å². The first-order valence-electron chi connectivity index (χ1n) is 6.50. The molecule has 1 aromatic heterocycles. The van der Waals surface area contributed by atoms with Gasteiger partial charge in [0.1, 0.15) is 12.7 Å². The van der Waals surface area contributed by atoms with Crippen molar-refractivity contribution in [1.82, 2.24) is 14.8 Å². The van der Waals surface area contributed by atoms with Gasteiger partial charge in [-0.1, -0.05) is 12.1 Å². The van der Waals surface area contributed by atoms with Gasteiger partial charge in [0, 0.05) is 5.69 Å². The maximum atomic E-state index is 7.95. The summed E-state index contributed by atoms with van der Waals surface area (Å²) < 4.78 is 47.4. The van der Waals surface area contributed by atoms with E-state index < -0.39 is 36.2 Å². The van der Waals surface area contributed by atoms with Crippen LogP contribution < -0.4 is 5.73 Å². The van der Waals surface area contributed by atoms with E-state index in [4.69, 9.17) is 14.0 Å². The SMILES string of the molecule is Cl.[2H]c1c([2H])c(C([2H])([2H])n2cncn2)c([2H])c([2H])c1N. The van der Waals surface area contributed by atoms with Crippen LogP contribution in [-0.2, 0) is 6.50 Å². The van der Waals surface area contributed by atoms with Crippen molar-refractivity contribution in [2.75, 3.05) is 5.73 Å². The number of rotatable bonds is 2. The van der Waals surface area contributed by atoms with Gasteiger partial charge in [-0.05, 0) is 17.6 Å². The highest BCUT2D eigenvalue weighted by Gasteiger charge is 1.94. The Morgan fingerprint density at radius 2 is 2.14 bits per heavy atom. The zero-order valence-corrected chi connectivity index (χ0v) is 7.80. The largest absolute Gasteiger partial charge is 0.399 e. The lowest BCUT2D eigenvalue weighted by Crippen LogP contribution is -1.99. The highest BCUT2D eigenvalue weighted by Crippen LogP contribution is 2.06. The first kappa shape index (κ1) is 4.79. The van der Waals surface area contributed by atoms with E-state index in [0.29, 0.717) is 0 Å². The molecule has 0 aliphatic heterocycles. The molecule has 1 aromatic carbocycles. The summed E-state index contributed by atoms with van der Waals surface area (Å²) in [6, 6.07) is -2.00. The second-order valence-electron chi connectivity index (χ2n) is 2.24. The molecule has 0 radical (unpaired) electrons. The van der Waals surface area contributed by atoms with Gasteiger partial charge < -0.3 is 5.73 Å². The molecule has 0 spiro atoms. The molecule has 14 heavy (non-hydrogen) atoms. The van der Waals surface area contributed by atoms with Crippen LogP contribution in [0.1, 0.15) is 13.8 Å². The number of benzene rings is 1. The van der Waals surface area contributed by atoms with Crippen LogP contribution in [0.4, 0.5) is 5.69 Å². The third-order valence-corrected chi connectivity index (χ3v) is 1.29. The van der Waals surface area contributed by atoms with Gasteiger partial charge in [-0.2, -0.15) is 5.10 Å². The first-order valence-corrected chi connectivity index (χ1v) is 3.50. The molecular weight excluding hydrogens is 200 g/mol. The number of hydrogen-bond acceptors (Lipinski definition) is 3. The number of halogens is 1. The van der Waals surface area contributed by atoms with Crippen molar-refractivity contribution < 1.29 is 8.22 Å². The molecule has 0 saturated heterocycles. The summed E-state index contributed by atoms with van der Waals surface area (Å²) in [5.74, 6) is 0. The van der Waals surface area contributed by atoms with E-state index in [-0.39, 0.29) is 18.1 Å². The van der Waals surface area contributed by atoms with Crippen molar-refractivity contribution in [2.45, 2.75) is 6.50 Å². The summed E-state index contributed by atoms with van der Waals surface area (Å²) in [7, 11) is 0. The number of hydrogen-bond donors (Lipinski definition) is 1. The molecule has 0 amide bonds. The van der Waals surface area contributed by atoms with Crippen molar-refractivity contribution in [1.29, 1.82) is 0 Å². The third-order valence-electron chi connectivity index (χ3n) is 1.29. The highest BCUT2D eigenvalue weighted by molar-refractivity contribution is 5.85. The van der Waals surface area contributed by atoms with E-state index in [1.807, 2.05) is 0 Å². The molecule has 2 N–H and O–H groups in total. The van der Waals surface area contributed by atoms with Crippen molar-refractivity contribution in [3.63, 3.8) is 0 Å². The first-order chi connectivity index (χ1) is 8.78. The lowest BCUT2D eigenvalue weighted by Gasteiger charge is -2.00. The number of anilines is 1. The summed E-state index contributed by atoms with van der Waals surface area (Å²) in [5.41, 5.74) is 4.70. The molecule has 5 heteroatoms. The normalized spacial score (nSPS) is 16.6. The van der Waals surface area contributed by atoms with Crippen LogP contribution in [0.2, 0.25) is 0 Å². The highest BCUT2D eigenvalue weighted by atomic mass is 35.5.